The van der Waals surface area contributed by atoms with E-state index in [1.807, 2.05) is 0 Å². The van der Waals surface area contributed by atoms with E-state index in [1.165, 1.54) is 0 Å². The molecule has 0 spiro atoms. The predicted molar refractivity (Wildman–Crippen MR) is 76.7 cm³/mol. The molecule has 1 atom stereocenters. The molecule has 1 aromatic carbocycles. The van der Waals surface area contributed by atoms with Gasteiger partial charge >= 0.3 is 0 Å². The molecule has 6 heteroatoms. The van der Waals surface area contributed by atoms with Crippen molar-refractivity contribution in [3.05, 3.63) is 28.2 Å². The lowest BCUT2D eigenvalue weighted by molar-refractivity contribution is -0.124. The number of benzene rings is 1. The smallest absolute Gasteiger partial charge is 0.254 e. The lowest BCUT2D eigenvalue weighted by Crippen LogP contribution is -2.44. The van der Waals surface area contributed by atoms with Gasteiger partial charge in [-0.3, -0.25) is 9.59 Å². The summed E-state index contributed by atoms with van der Waals surface area (Å²) in [4.78, 5) is 25.8. The SMILES string of the molecule is CNC(=O)C1CCCN1C(=O)c1cc(N)cc(Br)c1. The summed E-state index contributed by atoms with van der Waals surface area (Å²) in [6.07, 6.45) is 1.54. The summed E-state index contributed by atoms with van der Waals surface area (Å²) in [7, 11) is 1.58. The van der Waals surface area contributed by atoms with Gasteiger partial charge in [-0.15, -0.1) is 0 Å². The quantitative estimate of drug-likeness (QED) is 0.807. The highest BCUT2D eigenvalue weighted by atomic mass is 79.9. The number of halogens is 1. The van der Waals surface area contributed by atoms with E-state index in [2.05, 4.69) is 21.2 Å². The van der Waals surface area contributed by atoms with Crippen molar-refractivity contribution in [2.75, 3.05) is 19.3 Å². The number of likely N-dealkylation sites (N-methyl/N-ethyl adjacent to an activating group) is 1. The second-order valence-electron chi connectivity index (χ2n) is 4.54. The van der Waals surface area contributed by atoms with Crippen LogP contribution in [0, 0.1) is 0 Å². The number of nitrogens with zero attached hydrogens (tertiary/aromatic N) is 1. The molecule has 1 fully saturated rings. The van der Waals surface area contributed by atoms with Gasteiger partial charge in [0.05, 0.1) is 0 Å². The third-order valence-corrected chi connectivity index (χ3v) is 3.69. The Labute approximate surface area is 120 Å². The Kier molecular flexibility index (Phi) is 4.09. The Morgan fingerprint density at radius 2 is 2.16 bits per heavy atom. The Balaban J connectivity index is 2.25. The maximum Gasteiger partial charge on any atom is 0.254 e. The van der Waals surface area contributed by atoms with Crippen LogP contribution < -0.4 is 11.1 Å². The maximum absolute atomic E-state index is 12.5. The fourth-order valence-electron chi connectivity index (χ4n) is 2.35. The number of likely N-dealkylation sites (tertiary alicyclic amines) is 1. The molecule has 0 radical (unpaired) electrons. The average Bonchev–Trinajstić information content (AvgIpc) is 2.84. The van der Waals surface area contributed by atoms with Crippen molar-refractivity contribution >= 4 is 33.4 Å². The number of carbonyl (C=O) groups excluding carboxylic acids is 2. The lowest BCUT2D eigenvalue weighted by atomic mass is 10.1. The van der Waals surface area contributed by atoms with Crippen molar-refractivity contribution < 1.29 is 9.59 Å². The first-order chi connectivity index (χ1) is 9.02. The fourth-order valence-corrected chi connectivity index (χ4v) is 2.86. The molecule has 2 rings (SSSR count). The van der Waals surface area contributed by atoms with Crippen LogP contribution in [-0.4, -0.2) is 36.3 Å². The monoisotopic (exact) mass is 325 g/mol. The third-order valence-electron chi connectivity index (χ3n) is 3.23. The van der Waals surface area contributed by atoms with Gasteiger partial charge in [-0.2, -0.15) is 0 Å². The van der Waals surface area contributed by atoms with E-state index in [9.17, 15) is 9.59 Å². The van der Waals surface area contributed by atoms with Crippen LogP contribution in [0.1, 0.15) is 23.2 Å². The van der Waals surface area contributed by atoms with Gasteiger partial charge in [0.25, 0.3) is 5.91 Å². The number of rotatable bonds is 2. The zero-order valence-corrected chi connectivity index (χ0v) is 12.2. The molecule has 3 N–H and O–H groups in total. The van der Waals surface area contributed by atoms with E-state index in [1.54, 1.807) is 30.1 Å². The Hall–Kier alpha value is -1.56. The number of anilines is 1. The molecule has 2 amide bonds. The molecule has 102 valence electrons. The molecule has 1 unspecified atom stereocenters. The van der Waals surface area contributed by atoms with Gasteiger partial charge in [-0.1, -0.05) is 15.9 Å². The van der Waals surface area contributed by atoms with Crippen molar-refractivity contribution in [1.29, 1.82) is 0 Å². The molecule has 0 aromatic heterocycles. The van der Waals surface area contributed by atoms with Crippen LogP contribution in [0.4, 0.5) is 5.69 Å². The van der Waals surface area contributed by atoms with E-state index in [0.717, 1.165) is 10.9 Å². The highest BCUT2D eigenvalue weighted by Crippen LogP contribution is 2.23. The standard InChI is InChI=1S/C13H16BrN3O2/c1-16-12(18)11-3-2-4-17(11)13(19)8-5-9(14)7-10(15)6-8/h5-7,11H,2-4,15H2,1H3,(H,16,18). The van der Waals surface area contributed by atoms with Gasteiger partial charge in [0.2, 0.25) is 5.91 Å². The molecule has 1 heterocycles. The Morgan fingerprint density at radius 1 is 1.42 bits per heavy atom. The van der Waals surface area contributed by atoms with Crippen LogP contribution in [-0.2, 0) is 4.79 Å². The van der Waals surface area contributed by atoms with Crippen molar-refractivity contribution in [2.45, 2.75) is 18.9 Å². The Bertz CT molecular complexity index is 498. The summed E-state index contributed by atoms with van der Waals surface area (Å²) in [5, 5.41) is 2.60. The summed E-state index contributed by atoms with van der Waals surface area (Å²) < 4.78 is 0.756. The number of carbonyl (C=O) groups is 2. The molecule has 19 heavy (non-hydrogen) atoms. The van der Waals surface area contributed by atoms with Gasteiger partial charge in [0, 0.05) is 29.3 Å². The molecule has 5 nitrogen and oxygen atoms in total. The number of hydrogen-bond donors (Lipinski definition) is 2. The van der Waals surface area contributed by atoms with Crippen LogP contribution >= 0.6 is 15.9 Å². The van der Waals surface area contributed by atoms with E-state index in [-0.39, 0.29) is 17.9 Å². The third kappa shape index (κ3) is 2.89. The number of nitrogens with two attached hydrogens (primary N) is 1. The number of nitrogen functional groups attached to an aromatic ring is 1. The van der Waals surface area contributed by atoms with Crippen LogP contribution in [0.3, 0.4) is 0 Å². The first-order valence-electron chi connectivity index (χ1n) is 6.11. The largest absolute Gasteiger partial charge is 0.399 e. The maximum atomic E-state index is 12.5. The summed E-state index contributed by atoms with van der Waals surface area (Å²) in [5.74, 6) is -0.270. The number of nitrogens with one attached hydrogen (secondary N) is 1. The molecular weight excluding hydrogens is 310 g/mol. The molecule has 1 aliphatic rings. The predicted octanol–water partition coefficient (Wildman–Crippen LogP) is 1.38. The molecule has 0 bridgehead atoms. The summed E-state index contributed by atoms with van der Waals surface area (Å²) in [6.45, 7) is 0.601. The topological polar surface area (TPSA) is 75.4 Å². The van der Waals surface area contributed by atoms with Gasteiger partial charge < -0.3 is 16.0 Å². The van der Waals surface area contributed by atoms with Gasteiger partial charge in [0.1, 0.15) is 6.04 Å². The molecule has 1 saturated heterocycles. The first kappa shape index (κ1) is 13.9. The highest BCUT2D eigenvalue weighted by molar-refractivity contribution is 9.10. The minimum atomic E-state index is -0.377. The molecule has 0 aliphatic carbocycles. The van der Waals surface area contributed by atoms with E-state index >= 15 is 0 Å². The van der Waals surface area contributed by atoms with E-state index in [4.69, 9.17) is 5.73 Å². The first-order valence-corrected chi connectivity index (χ1v) is 6.91. The normalized spacial score (nSPS) is 18.4. The van der Waals surface area contributed by atoms with E-state index in [0.29, 0.717) is 24.2 Å². The van der Waals surface area contributed by atoms with Crippen LogP contribution in [0.2, 0.25) is 0 Å². The zero-order valence-electron chi connectivity index (χ0n) is 10.6. The summed E-state index contributed by atoms with van der Waals surface area (Å²) in [6, 6.07) is 4.71. The molecule has 1 aliphatic heterocycles. The number of hydrogen-bond acceptors (Lipinski definition) is 3. The highest BCUT2D eigenvalue weighted by Gasteiger charge is 2.34. The van der Waals surface area contributed by atoms with Crippen molar-refractivity contribution in [3.8, 4) is 0 Å². The van der Waals surface area contributed by atoms with Gasteiger partial charge in [-0.05, 0) is 31.0 Å². The minimum Gasteiger partial charge on any atom is -0.399 e. The van der Waals surface area contributed by atoms with Crippen LogP contribution in [0.15, 0.2) is 22.7 Å². The van der Waals surface area contributed by atoms with E-state index < -0.39 is 0 Å². The minimum absolute atomic E-state index is 0.117. The lowest BCUT2D eigenvalue weighted by Gasteiger charge is -2.23. The van der Waals surface area contributed by atoms with Gasteiger partial charge in [0.15, 0.2) is 0 Å². The van der Waals surface area contributed by atoms with Crippen LogP contribution in [0.25, 0.3) is 0 Å². The summed E-state index contributed by atoms with van der Waals surface area (Å²) >= 11 is 3.32. The zero-order chi connectivity index (χ0) is 14.0. The van der Waals surface area contributed by atoms with Crippen LogP contribution in [0.5, 0.6) is 0 Å². The van der Waals surface area contributed by atoms with Crippen molar-refractivity contribution in [1.82, 2.24) is 10.2 Å². The average molecular weight is 326 g/mol. The second kappa shape index (κ2) is 5.61. The van der Waals surface area contributed by atoms with Gasteiger partial charge in [-0.25, -0.2) is 0 Å². The van der Waals surface area contributed by atoms with Crippen molar-refractivity contribution in [2.24, 2.45) is 0 Å². The summed E-state index contributed by atoms with van der Waals surface area (Å²) in [5.41, 5.74) is 6.76. The molecular formula is C13H16BrN3O2. The Morgan fingerprint density at radius 3 is 2.79 bits per heavy atom. The fraction of sp³-hybridized carbons (Fsp3) is 0.385. The number of amides is 2. The molecule has 0 saturated carbocycles. The second-order valence-corrected chi connectivity index (χ2v) is 5.46. The molecule has 1 aromatic rings. The van der Waals surface area contributed by atoms with Crippen molar-refractivity contribution in [3.63, 3.8) is 0 Å².